The van der Waals surface area contributed by atoms with Gasteiger partial charge in [0, 0.05) is 41.8 Å². The number of aliphatic hydroxyl groups excluding tert-OH is 1. The molecule has 2 aromatic carbocycles. The second-order valence-electron chi connectivity index (χ2n) is 6.96. The van der Waals surface area contributed by atoms with Crippen LogP contribution >= 0.6 is 0 Å². The lowest BCUT2D eigenvalue weighted by Crippen LogP contribution is -2.29. The van der Waals surface area contributed by atoms with Crippen LogP contribution in [-0.2, 0) is 9.59 Å². The molecule has 1 aliphatic rings. The van der Waals surface area contributed by atoms with Crippen molar-refractivity contribution >= 4 is 28.8 Å². The molecule has 32 heavy (non-hydrogen) atoms. The molecule has 0 aliphatic carbocycles. The quantitative estimate of drug-likeness (QED) is 0.215. The molecule has 3 aromatic rings. The summed E-state index contributed by atoms with van der Waals surface area (Å²) in [5.41, 5.74) is 0.788. The molecule has 1 fully saturated rings. The van der Waals surface area contributed by atoms with E-state index in [1.165, 1.54) is 42.5 Å². The molecule has 1 amide bonds. The number of aromatic nitrogens is 1. The first-order valence-electron chi connectivity index (χ1n) is 9.52. The summed E-state index contributed by atoms with van der Waals surface area (Å²) in [6, 6.07) is 14.1. The molecule has 0 spiro atoms. The molecule has 1 aromatic heterocycles. The first kappa shape index (κ1) is 20.7. The molecular formula is C23H17N3O6. The molecule has 0 saturated carbocycles. The Morgan fingerprint density at radius 3 is 2.50 bits per heavy atom. The number of amides is 1. The summed E-state index contributed by atoms with van der Waals surface area (Å²) >= 11 is 0. The molecular weight excluding hydrogens is 414 g/mol. The van der Waals surface area contributed by atoms with E-state index in [-0.39, 0.29) is 16.8 Å². The molecule has 4 rings (SSSR count). The predicted octanol–water partition coefficient (Wildman–Crippen LogP) is 3.62. The highest BCUT2D eigenvalue weighted by atomic mass is 16.6. The smallest absolute Gasteiger partial charge is 0.300 e. The number of hydrogen-bond acceptors (Lipinski definition) is 7. The van der Waals surface area contributed by atoms with Gasteiger partial charge >= 0.3 is 0 Å². The topological polar surface area (TPSA) is 123 Å². The summed E-state index contributed by atoms with van der Waals surface area (Å²) in [7, 11) is 1.49. The van der Waals surface area contributed by atoms with E-state index in [2.05, 4.69) is 4.98 Å². The van der Waals surface area contributed by atoms with Crippen LogP contribution < -0.4 is 9.64 Å². The molecule has 2 heterocycles. The Morgan fingerprint density at radius 1 is 1.12 bits per heavy atom. The van der Waals surface area contributed by atoms with E-state index < -0.39 is 28.4 Å². The number of nitro benzene ring substituents is 1. The van der Waals surface area contributed by atoms with E-state index in [9.17, 15) is 24.8 Å². The van der Waals surface area contributed by atoms with Crippen molar-refractivity contribution in [2.45, 2.75) is 6.04 Å². The van der Waals surface area contributed by atoms with Crippen molar-refractivity contribution in [3.8, 4) is 5.75 Å². The minimum absolute atomic E-state index is 0.139. The number of benzene rings is 2. The van der Waals surface area contributed by atoms with Crippen LogP contribution in [0.5, 0.6) is 5.75 Å². The summed E-state index contributed by atoms with van der Waals surface area (Å²) < 4.78 is 5.24. The van der Waals surface area contributed by atoms with Crippen molar-refractivity contribution in [1.82, 2.24) is 4.98 Å². The standard InChI is InChI=1S/C23H17N3O6/c1-32-18-6-2-5-17(12-18)25-20(15-4-3-11-24-13-15)19(22(28)23(25)29)21(27)14-7-9-16(10-8-14)26(30)31/h2-13,20,27H,1H3/b21-19+. The van der Waals surface area contributed by atoms with Crippen LogP contribution in [0.1, 0.15) is 17.2 Å². The maximum atomic E-state index is 13.1. The Kier molecular flexibility index (Phi) is 5.38. The third-order valence-corrected chi connectivity index (χ3v) is 5.13. The third-order valence-electron chi connectivity index (χ3n) is 5.13. The number of anilines is 1. The molecule has 1 saturated heterocycles. The van der Waals surface area contributed by atoms with Crippen LogP contribution in [0.3, 0.4) is 0 Å². The van der Waals surface area contributed by atoms with Gasteiger partial charge in [0.1, 0.15) is 11.5 Å². The zero-order chi connectivity index (χ0) is 22.8. The van der Waals surface area contributed by atoms with Gasteiger partial charge in [0.2, 0.25) is 0 Å². The van der Waals surface area contributed by atoms with Crippen LogP contribution in [-0.4, -0.2) is 33.8 Å². The fraction of sp³-hybridized carbons (Fsp3) is 0.0870. The number of carbonyl (C=O) groups is 2. The zero-order valence-electron chi connectivity index (χ0n) is 16.8. The van der Waals surface area contributed by atoms with Crippen LogP contribution in [0.2, 0.25) is 0 Å². The molecule has 1 aliphatic heterocycles. The lowest BCUT2D eigenvalue weighted by atomic mass is 9.96. The number of non-ortho nitro benzene ring substituents is 1. The van der Waals surface area contributed by atoms with Crippen molar-refractivity contribution in [2.24, 2.45) is 0 Å². The number of nitrogens with zero attached hydrogens (tertiary/aromatic N) is 3. The highest BCUT2D eigenvalue weighted by molar-refractivity contribution is 6.51. The first-order chi connectivity index (χ1) is 15.4. The monoisotopic (exact) mass is 431 g/mol. The van der Waals surface area contributed by atoms with Crippen molar-refractivity contribution in [2.75, 3.05) is 12.0 Å². The van der Waals surface area contributed by atoms with Crippen LogP contribution in [0.15, 0.2) is 78.6 Å². The molecule has 0 radical (unpaired) electrons. The fourth-order valence-corrected chi connectivity index (χ4v) is 3.61. The Balaban J connectivity index is 1.90. The molecule has 160 valence electrons. The van der Waals surface area contributed by atoms with E-state index in [4.69, 9.17) is 4.74 Å². The Labute approximate surface area is 182 Å². The number of pyridine rings is 1. The summed E-state index contributed by atoms with van der Waals surface area (Å²) in [5, 5.41) is 21.9. The number of methoxy groups -OCH3 is 1. The van der Waals surface area contributed by atoms with Crippen molar-refractivity contribution < 1.29 is 24.4 Å². The molecule has 1 unspecified atom stereocenters. The number of nitro groups is 1. The van der Waals surface area contributed by atoms with E-state index in [1.807, 2.05) is 0 Å². The third kappa shape index (κ3) is 3.56. The SMILES string of the molecule is COc1cccc(N2C(=O)C(=O)/C(=C(/O)c3ccc([N+](=O)[O-])cc3)C2c2cccnc2)c1. The van der Waals surface area contributed by atoms with Crippen molar-refractivity contribution in [3.63, 3.8) is 0 Å². The second-order valence-corrected chi connectivity index (χ2v) is 6.96. The fourth-order valence-electron chi connectivity index (χ4n) is 3.61. The number of hydrogen-bond donors (Lipinski definition) is 1. The molecule has 0 bridgehead atoms. The van der Waals surface area contributed by atoms with Gasteiger partial charge in [-0.15, -0.1) is 0 Å². The number of aliphatic hydroxyl groups is 1. The second kappa shape index (κ2) is 8.31. The summed E-state index contributed by atoms with van der Waals surface area (Å²) in [4.78, 5) is 41.8. The van der Waals surface area contributed by atoms with Crippen LogP contribution in [0.25, 0.3) is 5.76 Å². The first-order valence-corrected chi connectivity index (χ1v) is 9.52. The maximum Gasteiger partial charge on any atom is 0.300 e. The van der Waals surface area contributed by atoms with Gasteiger partial charge in [0.15, 0.2) is 0 Å². The van der Waals surface area contributed by atoms with Crippen molar-refractivity contribution in [3.05, 3.63) is 99.9 Å². The molecule has 1 N–H and O–H groups in total. The van der Waals surface area contributed by atoms with Crippen LogP contribution in [0, 0.1) is 10.1 Å². The average Bonchev–Trinajstić information content (AvgIpc) is 3.09. The normalized spacial score (nSPS) is 17.4. The van der Waals surface area contributed by atoms with Crippen LogP contribution in [0.4, 0.5) is 11.4 Å². The Bertz CT molecular complexity index is 1240. The van der Waals surface area contributed by atoms with Gasteiger partial charge in [0.05, 0.1) is 23.6 Å². The number of ether oxygens (including phenoxy) is 1. The predicted molar refractivity (Wildman–Crippen MR) is 115 cm³/mol. The van der Waals surface area contributed by atoms with Gasteiger partial charge in [-0.3, -0.25) is 29.6 Å². The average molecular weight is 431 g/mol. The van der Waals surface area contributed by atoms with E-state index >= 15 is 0 Å². The lowest BCUT2D eigenvalue weighted by molar-refractivity contribution is -0.384. The number of rotatable bonds is 5. The minimum atomic E-state index is -0.953. The number of carbonyl (C=O) groups excluding carboxylic acids is 2. The van der Waals surface area contributed by atoms with E-state index in [0.29, 0.717) is 17.0 Å². The van der Waals surface area contributed by atoms with E-state index in [0.717, 1.165) is 0 Å². The maximum absolute atomic E-state index is 13.1. The van der Waals surface area contributed by atoms with E-state index in [1.54, 1.807) is 42.6 Å². The van der Waals surface area contributed by atoms with Gasteiger partial charge < -0.3 is 9.84 Å². The Hall–Kier alpha value is -4.53. The summed E-state index contributed by atoms with van der Waals surface area (Å²) in [5.74, 6) is -1.64. The summed E-state index contributed by atoms with van der Waals surface area (Å²) in [6.07, 6.45) is 3.06. The molecule has 1 atom stereocenters. The van der Waals surface area contributed by atoms with Gasteiger partial charge in [-0.2, -0.15) is 0 Å². The largest absolute Gasteiger partial charge is 0.507 e. The molecule has 9 nitrogen and oxygen atoms in total. The Morgan fingerprint density at radius 2 is 1.88 bits per heavy atom. The molecule has 9 heteroatoms. The highest BCUT2D eigenvalue weighted by Crippen LogP contribution is 2.42. The number of ketones is 1. The lowest BCUT2D eigenvalue weighted by Gasteiger charge is -2.25. The van der Waals surface area contributed by atoms with Gasteiger partial charge in [-0.05, 0) is 35.9 Å². The summed E-state index contributed by atoms with van der Waals surface area (Å²) in [6.45, 7) is 0. The number of Topliss-reactive ketones (excluding diaryl/α,β-unsaturated/α-hetero) is 1. The van der Waals surface area contributed by atoms with Gasteiger partial charge in [0.25, 0.3) is 17.4 Å². The zero-order valence-corrected chi connectivity index (χ0v) is 16.8. The van der Waals surface area contributed by atoms with Crippen molar-refractivity contribution in [1.29, 1.82) is 0 Å². The van der Waals surface area contributed by atoms with Gasteiger partial charge in [-0.1, -0.05) is 12.1 Å². The minimum Gasteiger partial charge on any atom is -0.507 e. The highest BCUT2D eigenvalue weighted by Gasteiger charge is 2.47. The van der Waals surface area contributed by atoms with Gasteiger partial charge in [-0.25, -0.2) is 0 Å².